The molecule has 6 rings (SSSR count). The Morgan fingerprint density at radius 2 is 2.04 bits per heavy atom. The van der Waals surface area contributed by atoms with Crippen molar-refractivity contribution in [2.45, 2.75) is 49.6 Å². The summed E-state index contributed by atoms with van der Waals surface area (Å²) in [6.45, 7) is 4.98. The zero-order valence-electron chi connectivity index (χ0n) is 16.4. The molecule has 146 valence electrons. The highest BCUT2D eigenvalue weighted by Crippen LogP contribution is 2.80. The Balaban J connectivity index is 0.00000160. The number of ether oxygens (including phenoxy) is 1. The van der Waals surface area contributed by atoms with Crippen LogP contribution in [0.15, 0.2) is 24.3 Å². The maximum absolute atomic E-state index is 13.0. The van der Waals surface area contributed by atoms with Crippen molar-refractivity contribution in [3.63, 3.8) is 0 Å². The summed E-state index contributed by atoms with van der Waals surface area (Å²) in [6.07, 6.45) is 4.76. The van der Waals surface area contributed by atoms with Gasteiger partial charge in [-0.3, -0.25) is 4.79 Å². The van der Waals surface area contributed by atoms with Crippen molar-refractivity contribution in [2.75, 3.05) is 32.6 Å². The van der Waals surface area contributed by atoms with Crippen molar-refractivity contribution in [1.82, 2.24) is 0 Å². The van der Waals surface area contributed by atoms with Gasteiger partial charge in [0.1, 0.15) is 6.04 Å². The van der Waals surface area contributed by atoms with E-state index in [1.54, 1.807) is 7.11 Å². The maximum Gasteiger partial charge on any atom is 0.311 e. The minimum atomic E-state index is -0.172. The van der Waals surface area contributed by atoms with Crippen molar-refractivity contribution in [3.8, 4) is 0 Å². The fraction of sp³-hybridized carbons (Fsp3) is 0.682. The number of esters is 1. The van der Waals surface area contributed by atoms with Crippen LogP contribution in [0.4, 0.5) is 5.69 Å². The molecule has 5 unspecified atom stereocenters. The molecule has 3 heterocycles. The van der Waals surface area contributed by atoms with Gasteiger partial charge in [0, 0.05) is 17.5 Å². The molecule has 2 bridgehead atoms. The van der Waals surface area contributed by atoms with E-state index in [1.807, 2.05) is 0 Å². The van der Waals surface area contributed by atoms with Crippen LogP contribution in [0.3, 0.4) is 0 Å². The fourth-order valence-corrected chi connectivity index (χ4v) is 9.19. The van der Waals surface area contributed by atoms with Gasteiger partial charge in [-0.15, -0.1) is 0 Å². The number of rotatable bonds is 1. The SMILES string of the molecule is COC(=O)C1CC23CCC[N+]4(C)CC[C@@]5(c6ccccc6NC15C2C)[C@H]34.[I-]. The van der Waals surface area contributed by atoms with Gasteiger partial charge in [0.25, 0.3) is 0 Å². The number of hydrogen-bond donors (Lipinski definition) is 1. The van der Waals surface area contributed by atoms with Crippen LogP contribution in [0.1, 0.15) is 38.2 Å². The highest BCUT2D eigenvalue weighted by Gasteiger charge is 2.89. The first-order valence-electron chi connectivity index (χ1n) is 10.3. The number of benzene rings is 1. The molecule has 1 N–H and O–H groups in total. The molecular formula is C22H29IN2O2. The van der Waals surface area contributed by atoms with Gasteiger partial charge in [-0.1, -0.05) is 25.1 Å². The van der Waals surface area contributed by atoms with Gasteiger partial charge in [0.15, 0.2) is 0 Å². The summed E-state index contributed by atoms with van der Waals surface area (Å²) in [4.78, 5) is 13.0. The van der Waals surface area contributed by atoms with Crippen LogP contribution in [-0.2, 0) is 14.9 Å². The van der Waals surface area contributed by atoms with Gasteiger partial charge in [0.2, 0.25) is 0 Å². The molecule has 1 aromatic carbocycles. The Labute approximate surface area is 178 Å². The number of anilines is 1. The highest BCUT2D eigenvalue weighted by molar-refractivity contribution is 5.82. The second kappa shape index (κ2) is 5.21. The highest BCUT2D eigenvalue weighted by atomic mass is 127. The quantitative estimate of drug-likeness (QED) is 0.348. The topological polar surface area (TPSA) is 38.3 Å². The molecule has 2 aliphatic carbocycles. The number of quaternary nitrogens is 1. The van der Waals surface area contributed by atoms with Crippen molar-refractivity contribution < 1.29 is 38.0 Å². The second-order valence-electron chi connectivity index (χ2n) is 9.93. The molecule has 0 radical (unpaired) electrons. The standard InChI is InChI=1S/C22H29N2O2.HI/c1-14-20-9-6-11-24(2)12-10-21(19(20)24)15-7-4-5-8-17(15)23-22(14,21)16(13-20)18(25)26-3;/h4-5,7-8,14,16,19,23H,6,9-13H2,1-3H3;1H/q+1;/p-1/t14?,16?,19-,20?,21+,22?,24?;/m0./s1. The van der Waals surface area contributed by atoms with Crippen molar-refractivity contribution in [1.29, 1.82) is 0 Å². The van der Waals surface area contributed by atoms with E-state index in [-0.39, 0.29) is 52.2 Å². The van der Waals surface area contributed by atoms with E-state index in [2.05, 4.69) is 43.6 Å². The minimum absolute atomic E-state index is 0. The molecule has 4 nitrogen and oxygen atoms in total. The molecule has 5 aliphatic rings. The predicted molar refractivity (Wildman–Crippen MR) is 99.8 cm³/mol. The Morgan fingerprint density at radius 3 is 2.81 bits per heavy atom. The lowest BCUT2D eigenvalue weighted by atomic mass is 9.56. The first-order chi connectivity index (χ1) is 12.5. The van der Waals surface area contributed by atoms with Gasteiger partial charge >= 0.3 is 5.97 Å². The first kappa shape index (κ1) is 18.2. The van der Waals surface area contributed by atoms with Crippen LogP contribution in [0.2, 0.25) is 0 Å². The van der Waals surface area contributed by atoms with E-state index < -0.39 is 0 Å². The number of carbonyl (C=O) groups excluding carboxylic acids is 1. The number of nitrogens with one attached hydrogen (secondary N) is 1. The van der Waals surface area contributed by atoms with Crippen LogP contribution in [0.25, 0.3) is 0 Å². The van der Waals surface area contributed by atoms with Gasteiger partial charge in [-0.2, -0.15) is 0 Å². The molecule has 5 heteroatoms. The van der Waals surface area contributed by atoms with Crippen LogP contribution in [0.5, 0.6) is 0 Å². The van der Waals surface area contributed by atoms with E-state index in [4.69, 9.17) is 4.74 Å². The lowest BCUT2D eigenvalue weighted by Crippen LogP contribution is -3.00. The summed E-state index contributed by atoms with van der Waals surface area (Å²) in [7, 11) is 4.06. The molecule has 0 amide bonds. The van der Waals surface area contributed by atoms with E-state index in [1.165, 1.54) is 48.1 Å². The monoisotopic (exact) mass is 480 g/mol. The predicted octanol–water partition coefficient (Wildman–Crippen LogP) is -0.0656. The zero-order valence-corrected chi connectivity index (χ0v) is 18.6. The molecule has 2 saturated carbocycles. The molecular weight excluding hydrogens is 451 g/mol. The number of fused-ring (bicyclic) bond motifs is 1. The number of piperidine rings is 1. The number of carbonyl (C=O) groups is 1. The van der Waals surface area contributed by atoms with Crippen molar-refractivity contribution >= 4 is 11.7 Å². The molecule has 2 saturated heterocycles. The lowest BCUT2D eigenvalue weighted by Gasteiger charge is -2.54. The fourth-order valence-electron chi connectivity index (χ4n) is 9.19. The Hall–Kier alpha value is -0.820. The molecule has 3 spiro atoms. The average Bonchev–Trinajstić information content (AvgIpc) is 3.27. The van der Waals surface area contributed by atoms with E-state index in [0.29, 0.717) is 12.0 Å². The summed E-state index contributed by atoms with van der Waals surface area (Å²) < 4.78 is 6.56. The third-order valence-electron chi connectivity index (χ3n) is 9.62. The smallest absolute Gasteiger partial charge is 0.311 e. The summed E-state index contributed by atoms with van der Waals surface area (Å²) in [5, 5.41) is 3.99. The third kappa shape index (κ3) is 1.59. The number of hydrogen-bond acceptors (Lipinski definition) is 3. The largest absolute Gasteiger partial charge is 1.00 e. The second-order valence-corrected chi connectivity index (χ2v) is 9.93. The molecule has 3 aliphatic heterocycles. The molecule has 7 atom stereocenters. The molecule has 0 aromatic heterocycles. The first-order valence-corrected chi connectivity index (χ1v) is 10.3. The van der Waals surface area contributed by atoms with Gasteiger partial charge in [0.05, 0.1) is 44.1 Å². The summed E-state index contributed by atoms with van der Waals surface area (Å²) in [6, 6.07) is 9.52. The van der Waals surface area contributed by atoms with Crippen LogP contribution >= 0.6 is 0 Å². The lowest BCUT2D eigenvalue weighted by molar-refractivity contribution is -0.936. The number of para-hydroxylation sites is 1. The molecule has 1 aromatic rings. The number of likely N-dealkylation sites (N-methyl/N-ethyl adjacent to an activating group) is 1. The number of nitrogens with zero attached hydrogens (tertiary/aromatic N) is 1. The minimum Gasteiger partial charge on any atom is -1.00 e. The van der Waals surface area contributed by atoms with Gasteiger partial charge < -0.3 is 38.5 Å². The van der Waals surface area contributed by atoms with Crippen molar-refractivity contribution in [3.05, 3.63) is 29.8 Å². The normalized spacial score (nSPS) is 50.3. The molecule has 27 heavy (non-hydrogen) atoms. The van der Waals surface area contributed by atoms with Gasteiger partial charge in [-0.05, 0) is 36.8 Å². The van der Waals surface area contributed by atoms with Crippen LogP contribution in [-0.4, -0.2) is 49.3 Å². The van der Waals surface area contributed by atoms with Crippen LogP contribution < -0.4 is 29.3 Å². The van der Waals surface area contributed by atoms with E-state index in [0.717, 1.165) is 6.42 Å². The number of halogens is 1. The molecule has 4 fully saturated rings. The van der Waals surface area contributed by atoms with Crippen molar-refractivity contribution in [2.24, 2.45) is 17.3 Å². The Bertz CT molecular complexity index is 845. The van der Waals surface area contributed by atoms with Gasteiger partial charge in [-0.25, -0.2) is 0 Å². The summed E-state index contributed by atoms with van der Waals surface area (Å²) in [5.41, 5.74) is 2.92. The third-order valence-corrected chi connectivity index (χ3v) is 9.62. The van der Waals surface area contributed by atoms with E-state index >= 15 is 0 Å². The Kier molecular flexibility index (Phi) is 3.51. The van der Waals surface area contributed by atoms with E-state index in [9.17, 15) is 4.79 Å². The zero-order chi connectivity index (χ0) is 17.9. The number of methoxy groups -OCH3 is 1. The maximum atomic E-state index is 13.0. The van der Waals surface area contributed by atoms with Crippen LogP contribution in [0, 0.1) is 17.3 Å². The summed E-state index contributed by atoms with van der Waals surface area (Å²) >= 11 is 0. The average molecular weight is 480 g/mol. The summed E-state index contributed by atoms with van der Waals surface area (Å²) in [5.74, 6) is 0.462. The Morgan fingerprint density at radius 1 is 1.26 bits per heavy atom.